The molecule has 0 bridgehead atoms. The van der Waals surface area contributed by atoms with Gasteiger partial charge in [-0.3, -0.25) is 14.4 Å². The molecule has 74 heavy (non-hydrogen) atoms. The fraction of sp³-hybridized carbons (Fsp3) is 0.470. The summed E-state index contributed by atoms with van der Waals surface area (Å²) in [6.45, 7) is 41.7. The number of aryl methyl sites for hydroxylation is 1. The van der Waals surface area contributed by atoms with Crippen molar-refractivity contribution in [1.82, 2.24) is 0 Å². The highest BCUT2D eigenvalue weighted by Gasteiger charge is 2.19. The summed E-state index contributed by atoms with van der Waals surface area (Å²) >= 11 is 0. The summed E-state index contributed by atoms with van der Waals surface area (Å²) in [7, 11) is 0. The van der Waals surface area contributed by atoms with Crippen molar-refractivity contribution in [2.24, 2.45) is 28.1 Å². The van der Waals surface area contributed by atoms with Crippen LogP contribution in [0, 0.1) is 28.1 Å². The zero-order chi connectivity index (χ0) is 55.9. The zero-order valence-electron chi connectivity index (χ0n) is 48.8. The minimum absolute atomic E-state index is 0.00634. The number of rotatable bonds is 0. The number of para-hydroxylation sites is 5. The smallest absolute Gasteiger partial charge is 0.203 e. The minimum Gasteiger partial charge on any atom is -0.493 e. The van der Waals surface area contributed by atoms with Crippen molar-refractivity contribution in [1.29, 1.82) is 0 Å². The van der Waals surface area contributed by atoms with Crippen molar-refractivity contribution in [3.8, 4) is 23.0 Å². The molecule has 6 aromatic rings. The van der Waals surface area contributed by atoms with Crippen LogP contribution < -0.4 is 24.4 Å². The van der Waals surface area contributed by atoms with E-state index in [-0.39, 0.29) is 23.6 Å². The van der Waals surface area contributed by atoms with Crippen molar-refractivity contribution in [2.45, 2.75) is 150 Å². The van der Waals surface area contributed by atoms with Crippen LogP contribution in [0.15, 0.2) is 143 Å². The highest BCUT2D eigenvalue weighted by atomic mass is 16.5. The maximum Gasteiger partial charge on any atom is 0.203 e. The lowest BCUT2D eigenvalue weighted by Crippen LogP contribution is -2.14. The number of carbonyl (C=O) groups is 2. The Morgan fingerprint density at radius 3 is 1.20 bits per heavy atom. The molecule has 0 unspecified atom stereocenters. The molecule has 5 aromatic carbocycles. The highest BCUT2D eigenvalue weighted by Crippen LogP contribution is 2.26. The lowest BCUT2D eigenvalue weighted by atomic mass is 10.0. The molecular weight excluding hydrogens is 921 g/mol. The van der Waals surface area contributed by atoms with Gasteiger partial charge in [-0.25, -0.2) is 0 Å². The van der Waals surface area contributed by atoms with E-state index in [1.54, 1.807) is 30.3 Å². The van der Waals surface area contributed by atoms with Gasteiger partial charge in [-0.15, -0.1) is 0 Å². The standard InChI is InChI=1S/C9H8O2.C9H6O2.C9H10O.C8H6O2.C8H8O.3C5H12.2C4H10/c2*10-8-5-6-11-9-4-2-1-3-7(8)9;1-2-6-9-8(4-1)5-3-7-10-9;9-7-5-10-8-4-2-1-3-6(7)8;1-2-4-8-7(3-1)5-6-9-8;3*1-5(2,3)4;2*1-4(2)3/h1-4H,5-6H2;1-6H;1-2,4,6H,3,5,7H2;1-4H,5H2;1-4H,5-6H2;3*1-4H3;2*4H,1-3H3. The molecule has 5 heterocycles. The van der Waals surface area contributed by atoms with Gasteiger partial charge < -0.3 is 23.4 Å². The highest BCUT2D eigenvalue weighted by molar-refractivity contribution is 6.02. The summed E-state index contributed by atoms with van der Waals surface area (Å²) in [4.78, 5) is 33.3. The minimum atomic E-state index is 0.00634. The maximum atomic E-state index is 11.2. The molecule has 0 radical (unpaired) electrons. The molecule has 406 valence electrons. The van der Waals surface area contributed by atoms with Gasteiger partial charge in [0.15, 0.2) is 17.8 Å². The van der Waals surface area contributed by atoms with Gasteiger partial charge in [0.2, 0.25) is 5.78 Å². The normalized spacial score (nSPS) is 13.1. The average molecular weight is 1020 g/mol. The van der Waals surface area contributed by atoms with Crippen molar-refractivity contribution in [3.63, 3.8) is 0 Å². The molecule has 4 aliphatic heterocycles. The molecular formula is C66H94O8. The summed E-state index contributed by atoms with van der Waals surface area (Å²) in [5.41, 5.74) is 6.28. The van der Waals surface area contributed by atoms with Gasteiger partial charge in [0.1, 0.15) is 28.6 Å². The van der Waals surface area contributed by atoms with Gasteiger partial charge in [0.05, 0.1) is 42.6 Å². The number of hydrogen-bond donors (Lipinski definition) is 0. The van der Waals surface area contributed by atoms with Crippen LogP contribution in [0.1, 0.15) is 169 Å². The molecule has 10 rings (SSSR count). The Hall–Kier alpha value is -6.15. The first-order valence-electron chi connectivity index (χ1n) is 26.4. The third kappa shape index (κ3) is 33.6. The second-order valence-electron chi connectivity index (χ2n) is 24.2. The van der Waals surface area contributed by atoms with Crippen LogP contribution in [0.3, 0.4) is 0 Å². The van der Waals surface area contributed by atoms with E-state index in [0.717, 1.165) is 60.7 Å². The SMILES string of the molecule is CC(C)(C)C.CC(C)(C)C.CC(C)(C)C.CC(C)C.CC(C)C.O=C1CCOc2ccccc21.O=C1COc2ccccc21.O=c1ccoc2ccccc12.c1ccc2c(c1)CCCO2.c1ccc2c(c1)CCO2. The predicted octanol–water partition coefficient (Wildman–Crippen LogP) is 17.8. The van der Waals surface area contributed by atoms with Gasteiger partial charge in [-0.05, 0) is 101 Å². The topological polar surface area (TPSA) is 101 Å². The zero-order valence-corrected chi connectivity index (χ0v) is 48.8. The van der Waals surface area contributed by atoms with Gasteiger partial charge in [0, 0.05) is 18.9 Å². The molecule has 8 nitrogen and oxygen atoms in total. The third-order valence-corrected chi connectivity index (χ3v) is 8.31. The van der Waals surface area contributed by atoms with E-state index in [1.165, 1.54) is 29.9 Å². The fourth-order valence-corrected chi connectivity index (χ4v) is 5.71. The Morgan fingerprint density at radius 2 is 0.757 bits per heavy atom. The fourth-order valence-electron chi connectivity index (χ4n) is 5.71. The molecule has 0 aliphatic carbocycles. The number of fused-ring (bicyclic) bond motifs is 5. The summed E-state index contributed by atoms with van der Waals surface area (Å²) < 4.78 is 26.1. The van der Waals surface area contributed by atoms with E-state index >= 15 is 0 Å². The lowest BCUT2D eigenvalue weighted by Gasteiger charge is -2.15. The van der Waals surface area contributed by atoms with Crippen LogP contribution in [-0.4, -0.2) is 38.0 Å². The van der Waals surface area contributed by atoms with Crippen LogP contribution in [0.25, 0.3) is 11.0 Å². The van der Waals surface area contributed by atoms with E-state index in [2.05, 4.69) is 143 Å². The van der Waals surface area contributed by atoms with Gasteiger partial charge in [-0.1, -0.05) is 197 Å². The Kier molecular flexibility index (Phi) is 30.6. The Morgan fingerprint density at radius 1 is 0.392 bits per heavy atom. The molecule has 0 atom stereocenters. The molecule has 0 saturated heterocycles. The van der Waals surface area contributed by atoms with Crippen LogP contribution in [0.2, 0.25) is 0 Å². The molecule has 0 saturated carbocycles. The molecule has 0 N–H and O–H groups in total. The maximum absolute atomic E-state index is 11.2. The average Bonchev–Trinajstić information content (AvgIpc) is 3.95. The second kappa shape index (κ2) is 34.4. The summed E-state index contributed by atoms with van der Waals surface area (Å²) in [6.07, 6.45) is 5.34. The van der Waals surface area contributed by atoms with Gasteiger partial charge in [0.25, 0.3) is 0 Å². The number of carbonyl (C=O) groups excluding carboxylic acids is 2. The number of hydrogen-bond acceptors (Lipinski definition) is 8. The predicted molar refractivity (Wildman–Crippen MR) is 312 cm³/mol. The number of ether oxygens (including phenoxy) is 4. The van der Waals surface area contributed by atoms with Crippen LogP contribution in [-0.2, 0) is 12.8 Å². The quantitative estimate of drug-likeness (QED) is 0.148. The molecule has 8 heteroatoms. The van der Waals surface area contributed by atoms with Gasteiger partial charge in [-0.2, -0.15) is 0 Å². The molecule has 4 aliphatic rings. The number of benzene rings is 5. The van der Waals surface area contributed by atoms with Crippen LogP contribution in [0.5, 0.6) is 23.0 Å². The van der Waals surface area contributed by atoms with Crippen LogP contribution >= 0.6 is 0 Å². The molecule has 0 amide bonds. The van der Waals surface area contributed by atoms with Crippen molar-refractivity contribution >= 4 is 22.5 Å². The first kappa shape index (κ1) is 65.9. The first-order chi connectivity index (χ1) is 34.5. The molecule has 0 fully saturated rings. The Bertz CT molecular complexity index is 2430. The van der Waals surface area contributed by atoms with Crippen molar-refractivity contribution < 1.29 is 33.0 Å². The molecule has 0 spiro atoms. The monoisotopic (exact) mass is 1010 g/mol. The van der Waals surface area contributed by atoms with E-state index in [1.807, 2.05) is 72.8 Å². The summed E-state index contributed by atoms with van der Waals surface area (Å²) in [5, 5.41) is 0.634. The van der Waals surface area contributed by atoms with Crippen LogP contribution in [0.4, 0.5) is 0 Å². The van der Waals surface area contributed by atoms with Crippen molar-refractivity contribution in [3.05, 3.63) is 166 Å². The lowest BCUT2D eigenvalue weighted by molar-refractivity contribution is 0.0931. The third-order valence-electron chi connectivity index (χ3n) is 8.31. The second-order valence-corrected chi connectivity index (χ2v) is 24.2. The Balaban J connectivity index is 0.000000421. The first-order valence-corrected chi connectivity index (χ1v) is 26.4. The van der Waals surface area contributed by atoms with Gasteiger partial charge >= 0.3 is 0 Å². The van der Waals surface area contributed by atoms with E-state index in [9.17, 15) is 14.4 Å². The number of ketones is 2. The van der Waals surface area contributed by atoms with E-state index in [4.69, 9.17) is 23.4 Å². The van der Waals surface area contributed by atoms with Crippen molar-refractivity contribution in [2.75, 3.05) is 26.4 Å². The largest absolute Gasteiger partial charge is 0.493 e. The summed E-state index contributed by atoms with van der Waals surface area (Å²) in [6, 6.07) is 39.7. The van der Waals surface area contributed by atoms with E-state index < -0.39 is 0 Å². The Labute approximate surface area is 447 Å². The number of Topliss-reactive ketones (excluding diaryl/α,β-unsaturated/α-hetero) is 2. The molecule has 1 aromatic heterocycles. The van der Waals surface area contributed by atoms with E-state index in [0.29, 0.717) is 51.6 Å². The summed E-state index contributed by atoms with van der Waals surface area (Å²) in [5.74, 6) is 5.52.